The summed E-state index contributed by atoms with van der Waals surface area (Å²) in [5, 5.41) is 160. The number of aliphatic hydroxyl groups excluding tert-OH is 8. The zero-order valence-corrected chi connectivity index (χ0v) is 39.8. The van der Waals surface area contributed by atoms with E-state index < -0.39 is 153 Å². The van der Waals surface area contributed by atoms with Crippen LogP contribution in [0.5, 0.6) is 46.0 Å². The molecule has 4 aromatic carbocycles. The Labute approximate surface area is 434 Å². The highest BCUT2D eigenvalue weighted by Crippen LogP contribution is 2.43. The minimum Gasteiger partial charge on any atom is -0.853 e. The van der Waals surface area contributed by atoms with Gasteiger partial charge < -0.3 is 114 Å². The van der Waals surface area contributed by atoms with Crippen molar-refractivity contribution >= 4 is 35.1 Å². The topological polar surface area (TPSA) is 426 Å². The van der Waals surface area contributed by atoms with Crippen LogP contribution in [-0.2, 0) is 38.0 Å². The highest BCUT2D eigenvalue weighted by atomic mass is 16.8. The molecular weight excluding hydrogens is 1030 g/mol. The van der Waals surface area contributed by atoms with Crippen LogP contribution >= 0.6 is 0 Å². The van der Waals surface area contributed by atoms with Crippen molar-refractivity contribution in [3.63, 3.8) is 0 Å². The van der Waals surface area contributed by atoms with E-state index in [1.54, 1.807) is 0 Å². The molecule has 3 aliphatic heterocycles. The Balaban J connectivity index is 1.12. The fourth-order valence-electron chi connectivity index (χ4n) is 8.22. The van der Waals surface area contributed by atoms with Gasteiger partial charge in [-0.1, -0.05) is 12.1 Å². The second kappa shape index (κ2) is 23.9. The summed E-state index contributed by atoms with van der Waals surface area (Å²) in [6.45, 7) is -2.66. The number of hydrogen-bond donors (Lipinski definition) is 14. The van der Waals surface area contributed by atoms with Gasteiger partial charge in [0.15, 0.2) is 35.4 Å². The summed E-state index contributed by atoms with van der Waals surface area (Å²) in [4.78, 5) is 25.6. The minimum absolute atomic E-state index is 0.0971. The predicted molar refractivity (Wildman–Crippen MR) is 254 cm³/mol. The molecule has 5 aromatic rings. The quantitative estimate of drug-likeness (QED) is 0.0236. The smallest absolute Gasteiger partial charge is 0.402 e. The van der Waals surface area contributed by atoms with Crippen LogP contribution in [0.4, 0.5) is 0 Å². The Morgan fingerprint density at radius 2 is 1.03 bits per heavy atom. The number of carbonyl (C=O) groups excluding carboxylic acids is 2. The van der Waals surface area contributed by atoms with E-state index in [0.29, 0.717) is 0 Å². The van der Waals surface area contributed by atoms with Gasteiger partial charge in [0.2, 0.25) is 18.3 Å². The number of esters is 2. The number of aliphatic hydroxyl groups is 8. The highest BCUT2D eigenvalue weighted by Gasteiger charge is 2.53. The van der Waals surface area contributed by atoms with Crippen LogP contribution in [0.3, 0.4) is 0 Å². The molecule has 0 saturated carbocycles. The van der Waals surface area contributed by atoms with Crippen molar-refractivity contribution in [3.05, 3.63) is 102 Å². The highest BCUT2D eigenvalue weighted by molar-refractivity contribution is 5.89. The molecule has 26 heteroatoms. The number of fused-ring (bicyclic) bond motifs is 1. The first-order valence-corrected chi connectivity index (χ1v) is 23.3. The molecule has 3 aliphatic rings. The summed E-state index contributed by atoms with van der Waals surface area (Å²) in [7, 11) is 0. The van der Waals surface area contributed by atoms with Crippen molar-refractivity contribution in [2.24, 2.45) is 0 Å². The van der Waals surface area contributed by atoms with Crippen molar-refractivity contribution in [1.29, 1.82) is 0 Å². The molecular formula is C51H52O26. The zero-order chi connectivity index (χ0) is 55.4. The van der Waals surface area contributed by atoms with E-state index in [1.807, 2.05) is 0 Å². The lowest BCUT2D eigenvalue weighted by atomic mass is 9.97. The first kappa shape index (κ1) is 55.8. The maximum absolute atomic E-state index is 12.9. The summed E-state index contributed by atoms with van der Waals surface area (Å²) < 4.78 is 52.4. The van der Waals surface area contributed by atoms with E-state index in [9.17, 15) is 86.2 Å². The van der Waals surface area contributed by atoms with Crippen molar-refractivity contribution < 1.29 is 128 Å². The fourth-order valence-corrected chi connectivity index (χ4v) is 8.22. The minimum atomic E-state index is -2.15. The van der Waals surface area contributed by atoms with Crippen molar-refractivity contribution in [1.82, 2.24) is 0 Å². The molecule has 8 rings (SSSR count). The van der Waals surface area contributed by atoms with Crippen LogP contribution in [0.25, 0.3) is 34.4 Å². The Morgan fingerprint density at radius 1 is 0.519 bits per heavy atom. The van der Waals surface area contributed by atoms with Gasteiger partial charge in [0.25, 0.3) is 0 Å². The van der Waals surface area contributed by atoms with E-state index >= 15 is 0 Å². The number of ether oxygens (including phenoxy) is 8. The second-order valence-corrected chi connectivity index (χ2v) is 17.8. The van der Waals surface area contributed by atoms with Crippen LogP contribution in [0.1, 0.15) is 11.1 Å². The van der Waals surface area contributed by atoms with Gasteiger partial charge in [0.05, 0.1) is 17.7 Å². The van der Waals surface area contributed by atoms with Gasteiger partial charge >= 0.3 is 23.3 Å². The third-order valence-electron chi connectivity index (χ3n) is 12.5. The maximum atomic E-state index is 12.9. The molecule has 15 atom stereocenters. The SMILES string of the molecule is O=C(/C=C/c1ccc(O)c(O)c1)OC[C@H]1O[C@@H](O[C@H]2[C@H](Oc3cc4c(O[C@@H]5O[C@H](C[O-])[C@@H](O)[C@H](O)[C@H]5O)cc(O)cc4[o+]c3-c3ccc(O)cc3)O[C@H](COC(=O)/C=C/c3ccc(O)c(O)c3)[C@@H](O)[C@@H]2O)[C@H](O)[C@@H](O)[C@@H]1O. The standard InChI is InChI=1S/C51H52O26/c52-18-34-39(61)42(64)45(67)49(74-34)72-32-16-25(54)15-31-26(32)17-33(47(71-31)23-5-7-24(53)8-6-23)73-51-48(44(66)41(63)36(76-51)20-70-38(60)12-4-22-2-10-28(56)30(58)14-22)77-50-46(68)43(65)40(62)35(75-50)19-69-37(59)11-3-21-1-9-27(55)29(57)13-21/h1-17,34-36,39-46,48-51,53-58,61-68H,18-20H2/b11-3+,12-4+/t34-,35-,36-,39-,40-,41-,42+,43+,44+,45-,46-,48-,49-,50+,51-/m1/s1. The Hall–Kier alpha value is -7.41. The van der Waals surface area contributed by atoms with Gasteiger partial charge in [-0.15, -0.1) is 6.61 Å². The summed E-state index contributed by atoms with van der Waals surface area (Å²) in [6, 6.07) is 16.0. The number of phenolic OH excluding ortho intramolecular Hbond substituents is 6. The first-order chi connectivity index (χ1) is 36.7. The molecule has 0 aliphatic carbocycles. The van der Waals surface area contributed by atoms with E-state index in [2.05, 4.69) is 0 Å². The number of aromatic hydroxyl groups is 6. The van der Waals surface area contributed by atoms with Gasteiger partial charge in [0, 0.05) is 24.3 Å². The average molecular weight is 1080 g/mol. The Kier molecular flexibility index (Phi) is 17.3. The molecule has 77 heavy (non-hydrogen) atoms. The zero-order valence-electron chi connectivity index (χ0n) is 39.8. The van der Waals surface area contributed by atoms with Crippen molar-refractivity contribution in [2.75, 3.05) is 19.8 Å². The lowest BCUT2D eigenvalue weighted by Crippen LogP contribution is -2.65. The van der Waals surface area contributed by atoms with Crippen molar-refractivity contribution in [2.45, 2.75) is 92.1 Å². The van der Waals surface area contributed by atoms with Gasteiger partial charge in [-0.2, -0.15) is 0 Å². The lowest BCUT2D eigenvalue weighted by Gasteiger charge is -2.45. The molecule has 3 fully saturated rings. The third kappa shape index (κ3) is 12.7. The Morgan fingerprint density at radius 3 is 1.58 bits per heavy atom. The molecule has 0 spiro atoms. The van der Waals surface area contributed by atoms with E-state index in [-0.39, 0.29) is 50.7 Å². The molecule has 14 N–H and O–H groups in total. The molecule has 3 saturated heterocycles. The molecule has 0 radical (unpaired) electrons. The molecule has 0 bridgehead atoms. The monoisotopic (exact) mass is 1080 g/mol. The van der Waals surface area contributed by atoms with E-state index in [4.69, 9.17) is 42.3 Å². The van der Waals surface area contributed by atoms with Gasteiger partial charge in [-0.05, 0) is 71.8 Å². The molecule has 0 amide bonds. The van der Waals surface area contributed by atoms with Crippen LogP contribution in [0.2, 0.25) is 0 Å². The average Bonchev–Trinajstić information content (AvgIpc) is 3.42. The van der Waals surface area contributed by atoms with Crippen LogP contribution < -0.4 is 14.6 Å². The van der Waals surface area contributed by atoms with Crippen molar-refractivity contribution in [3.8, 4) is 57.3 Å². The lowest BCUT2D eigenvalue weighted by molar-refractivity contribution is -0.410. The molecule has 26 nitrogen and oxygen atoms in total. The molecule has 412 valence electrons. The maximum Gasteiger partial charge on any atom is 0.402 e. The van der Waals surface area contributed by atoms with Crippen LogP contribution in [-0.4, -0.2) is 195 Å². The summed E-state index contributed by atoms with van der Waals surface area (Å²) >= 11 is 0. The number of carbonyl (C=O) groups is 2. The summed E-state index contributed by atoms with van der Waals surface area (Å²) in [6.07, 6.45) is -24.5. The van der Waals surface area contributed by atoms with Gasteiger partial charge in [0.1, 0.15) is 96.9 Å². The van der Waals surface area contributed by atoms with E-state index in [1.165, 1.54) is 66.7 Å². The number of benzene rings is 4. The second-order valence-electron chi connectivity index (χ2n) is 17.8. The number of rotatable bonds is 16. The predicted octanol–water partition coefficient (Wildman–Crippen LogP) is -1.31. The number of hydrogen-bond acceptors (Lipinski definition) is 25. The van der Waals surface area contributed by atoms with Gasteiger partial charge in [-0.3, -0.25) is 0 Å². The summed E-state index contributed by atoms with van der Waals surface area (Å²) in [5.41, 5.74) is 0.547. The first-order valence-electron chi connectivity index (χ1n) is 23.3. The van der Waals surface area contributed by atoms with Gasteiger partial charge in [-0.25, -0.2) is 14.0 Å². The molecule has 0 unspecified atom stereocenters. The third-order valence-corrected chi connectivity index (χ3v) is 12.5. The number of phenols is 6. The molecule has 4 heterocycles. The van der Waals surface area contributed by atoms with Crippen LogP contribution in [0.15, 0.2) is 95.4 Å². The van der Waals surface area contributed by atoms with E-state index in [0.717, 1.165) is 36.4 Å². The summed E-state index contributed by atoms with van der Waals surface area (Å²) in [5.74, 6) is -5.41. The Bertz CT molecular complexity index is 2950. The van der Waals surface area contributed by atoms with Crippen LogP contribution in [0, 0.1) is 0 Å². The fraction of sp³-hybridized carbons (Fsp3) is 0.353. The molecule has 1 aromatic heterocycles. The normalized spacial score (nSPS) is 29.6. The largest absolute Gasteiger partial charge is 0.853 e.